The van der Waals surface area contributed by atoms with Gasteiger partial charge in [0.05, 0.1) is 5.38 Å². The van der Waals surface area contributed by atoms with Crippen LogP contribution in [0.4, 0.5) is 0 Å². The van der Waals surface area contributed by atoms with E-state index >= 15 is 0 Å². The van der Waals surface area contributed by atoms with Crippen molar-refractivity contribution in [1.82, 2.24) is 0 Å². The quantitative estimate of drug-likeness (QED) is 0.801. The number of carboxylic acid groups (broad SMARTS) is 1. The number of rotatable bonds is 5. The van der Waals surface area contributed by atoms with Crippen molar-refractivity contribution in [2.45, 2.75) is 37.5 Å². The Labute approximate surface area is 112 Å². The third-order valence-electron chi connectivity index (χ3n) is 3.30. The van der Waals surface area contributed by atoms with Gasteiger partial charge in [-0.25, -0.2) is 0 Å². The molecule has 0 fully saturated rings. The van der Waals surface area contributed by atoms with E-state index < -0.39 is 5.97 Å². The number of carboxylic acids is 1. The standard InChI is InChI=1S/C15H17ClO2/c16-14(9-10-15(17)18)13-7-5-12(6-8-13)11-3-1-2-4-11/h3,5-8,14H,1-2,4,9-10H2,(H,17,18). The molecule has 0 radical (unpaired) electrons. The third-order valence-corrected chi connectivity index (χ3v) is 3.77. The van der Waals surface area contributed by atoms with Gasteiger partial charge in [-0.1, -0.05) is 30.3 Å². The van der Waals surface area contributed by atoms with Crippen LogP contribution in [0, 0.1) is 0 Å². The maximum atomic E-state index is 10.5. The molecule has 1 unspecified atom stereocenters. The Hall–Kier alpha value is -1.28. The molecule has 0 aromatic heterocycles. The van der Waals surface area contributed by atoms with Crippen LogP contribution in [0.1, 0.15) is 48.6 Å². The molecule has 1 N–H and O–H groups in total. The fourth-order valence-electron chi connectivity index (χ4n) is 2.26. The second kappa shape index (κ2) is 6.05. The molecule has 0 saturated carbocycles. The van der Waals surface area contributed by atoms with Crippen LogP contribution in [0.3, 0.4) is 0 Å². The minimum atomic E-state index is -0.798. The van der Waals surface area contributed by atoms with Crippen molar-refractivity contribution in [1.29, 1.82) is 0 Å². The highest BCUT2D eigenvalue weighted by atomic mass is 35.5. The van der Waals surface area contributed by atoms with E-state index in [-0.39, 0.29) is 11.8 Å². The van der Waals surface area contributed by atoms with Crippen molar-refractivity contribution in [3.8, 4) is 0 Å². The first-order chi connectivity index (χ1) is 8.66. The van der Waals surface area contributed by atoms with Gasteiger partial charge in [-0.3, -0.25) is 4.79 Å². The van der Waals surface area contributed by atoms with E-state index in [1.807, 2.05) is 12.1 Å². The van der Waals surface area contributed by atoms with Crippen LogP contribution >= 0.6 is 11.6 Å². The molecule has 96 valence electrons. The minimum absolute atomic E-state index is 0.112. The highest BCUT2D eigenvalue weighted by Gasteiger charge is 2.11. The molecular formula is C15H17ClO2. The van der Waals surface area contributed by atoms with Gasteiger partial charge in [0.25, 0.3) is 0 Å². The average Bonchev–Trinajstić information content (AvgIpc) is 2.90. The molecule has 1 aliphatic rings. The average molecular weight is 265 g/mol. The second-order valence-corrected chi connectivity index (χ2v) is 5.17. The lowest BCUT2D eigenvalue weighted by atomic mass is 10.0. The van der Waals surface area contributed by atoms with E-state index in [0.717, 1.165) is 12.0 Å². The summed E-state index contributed by atoms with van der Waals surface area (Å²) in [5.74, 6) is -0.798. The van der Waals surface area contributed by atoms with Crippen LogP contribution in [-0.4, -0.2) is 11.1 Å². The third kappa shape index (κ3) is 3.36. The van der Waals surface area contributed by atoms with Crippen LogP contribution in [0.5, 0.6) is 0 Å². The van der Waals surface area contributed by atoms with Gasteiger partial charge >= 0.3 is 5.97 Å². The summed E-state index contributed by atoms with van der Waals surface area (Å²) >= 11 is 6.18. The lowest BCUT2D eigenvalue weighted by molar-refractivity contribution is -0.137. The molecule has 18 heavy (non-hydrogen) atoms. The van der Waals surface area contributed by atoms with Crippen molar-refractivity contribution < 1.29 is 9.90 Å². The molecule has 2 nitrogen and oxygen atoms in total. The number of alkyl halides is 1. The summed E-state index contributed by atoms with van der Waals surface area (Å²) in [4.78, 5) is 10.5. The number of allylic oxidation sites excluding steroid dienone is 2. The first-order valence-corrected chi connectivity index (χ1v) is 6.75. The van der Waals surface area contributed by atoms with E-state index in [1.54, 1.807) is 0 Å². The van der Waals surface area contributed by atoms with Crippen molar-refractivity contribution in [3.63, 3.8) is 0 Å². The van der Waals surface area contributed by atoms with Crippen molar-refractivity contribution in [2.24, 2.45) is 0 Å². The summed E-state index contributed by atoms with van der Waals surface area (Å²) in [5, 5.41) is 8.42. The molecule has 0 heterocycles. The molecule has 0 spiro atoms. The van der Waals surface area contributed by atoms with Crippen molar-refractivity contribution in [3.05, 3.63) is 41.5 Å². The smallest absolute Gasteiger partial charge is 0.303 e. The number of aliphatic carboxylic acids is 1. The molecular weight excluding hydrogens is 248 g/mol. The lowest BCUT2D eigenvalue weighted by Gasteiger charge is -2.10. The Morgan fingerprint density at radius 3 is 2.61 bits per heavy atom. The number of carbonyl (C=O) groups is 1. The zero-order valence-electron chi connectivity index (χ0n) is 10.2. The van der Waals surface area contributed by atoms with Crippen LogP contribution < -0.4 is 0 Å². The number of halogens is 1. The summed E-state index contributed by atoms with van der Waals surface area (Å²) in [7, 11) is 0. The van der Waals surface area contributed by atoms with Crippen molar-refractivity contribution >= 4 is 23.1 Å². The molecule has 1 aromatic rings. The minimum Gasteiger partial charge on any atom is -0.481 e. The van der Waals surface area contributed by atoms with Gasteiger partial charge in [0.15, 0.2) is 0 Å². The van der Waals surface area contributed by atoms with E-state index in [9.17, 15) is 4.79 Å². The summed E-state index contributed by atoms with van der Waals surface area (Å²) in [6.45, 7) is 0. The number of hydrogen-bond donors (Lipinski definition) is 1. The first-order valence-electron chi connectivity index (χ1n) is 6.32. The van der Waals surface area contributed by atoms with Gasteiger partial charge in [-0.05, 0) is 42.4 Å². The topological polar surface area (TPSA) is 37.3 Å². The molecule has 1 aliphatic carbocycles. The molecule has 3 heteroatoms. The highest BCUT2D eigenvalue weighted by molar-refractivity contribution is 6.20. The SMILES string of the molecule is O=C(O)CCC(Cl)c1ccc(C2=CCCC2)cc1. The molecule has 0 aliphatic heterocycles. The summed E-state index contributed by atoms with van der Waals surface area (Å²) < 4.78 is 0. The molecule has 0 bridgehead atoms. The van der Waals surface area contributed by atoms with Gasteiger partial charge in [-0.15, -0.1) is 11.6 Å². The highest BCUT2D eigenvalue weighted by Crippen LogP contribution is 2.30. The largest absolute Gasteiger partial charge is 0.481 e. The Morgan fingerprint density at radius 1 is 1.33 bits per heavy atom. The predicted octanol–water partition coefficient (Wildman–Crippen LogP) is 4.40. The summed E-state index contributed by atoms with van der Waals surface area (Å²) in [6.07, 6.45) is 6.45. The lowest BCUT2D eigenvalue weighted by Crippen LogP contribution is -1.98. The zero-order valence-corrected chi connectivity index (χ0v) is 11.0. The second-order valence-electron chi connectivity index (χ2n) is 4.64. The van der Waals surface area contributed by atoms with Gasteiger partial charge in [0.1, 0.15) is 0 Å². The van der Waals surface area contributed by atoms with Crippen LogP contribution in [-0.2, 0) is 4.79 Å². The molecule has 0 amide bonds. The van der Waals surface area contributed by atoms with Crippen LogP contribution in [0.2, 0.25) is 0 Å². The zero-order chi connectivity index (χ0) is 13.0. The summed E-state index contributed by atoms with van der Waals surface area (Å²) in [6, 6.07) is 8.19. The van der Waals surface area contributed by atoms with E-state index in [4.69, 9.17) is 16.7 Å². The molecule has 2 rings (SSSR count). The fourth-order valence-corrected chi connectivity index (χ4v) is 2.51. The molecule has 1 aromatic carbocycles. The normalized spacial score (nSPS) is 16.4. The number of benzene rings is 1. The molecule has 1 atom stereocenters. The van der Waals surface area contributed by atoms with E-state index in [0.29, 0.717) is 6.42 Å². The Morgan fingerprint density at radius 2 is 2.06 bits per heavy atom. The van der Waals surface area contributed by atoms with E-state index in [2.05, 4.69) is 18.2 Å². The number of hydrogen-bond acceptors (Lipinski definition) is 1. The Balaban J connectivity index is 2.00. The van der Waals surface area contributed by atoms with Gasteiger partial charge < -0.3 is 5.11 Å². The maximum Gasteiger partial charge on any atom is 0.303 e. The van der Waals surface area contributed by atoms with Crippen molar-refractivity contribution in [2.75, 3.05) is 0 Å². The monoisotopic (exact) mass is 264 g/mol. The maximum absolute atomic E-state index is 10.5. The van der Waals surface area contributed by atoms with E-state index in [1.165, 1.54) is 24.0 Å². The summed E-state index contributed by atoms with van der Waals surface area (Å²) in [5.41, 5.74) is 3.68. The molecule has 0 saturated heterocycles. The Kier molecular flexibility index (Phi) is 4.43. The van der Waals surface area contributed by atoms with Crippen LogP contribution in [0.15, 0.2) is 30.3 Å². The fraction of sp³-hybridized carbons (Fsp3) is 0.400. The van der Waals surface area contributed by atoms with Gasteiger partial charge in [-0.2, -0.15) is 0 Å². The predicted molar refractivity (Wildman–Crippen MR) is 73.7 cm³/mol. The Bertz CT molecular complexity index is 448. The first kappa shape index (κ1) is 13.2. The van der Waals surface area contributed by atoms with Gasteiger partial charge in [0.2, 0.25) is 0 Å². The van der Waals surface area contributed by atoms with Gasteiger partial charge in [0, 0.05) is 6.42 Å². The van der Waals surface area contributed by atoms with Crippen LogP contribution in [0.25, 0.3) is 5.57 Å².